The van der Waals surface area contributed by atoms with E-state index in [0.717, 1.165) is 40.6 Å². The molecule has 1 atom stereocenters. The van der Waals surface area contributed by atoms with E-state index in [1.165, 1.54) is 66.6 Å². The number of benzene rings is 7. The average molecular weight is 866 g/mol. The third-order valence-electron chi connectivity index (χ3n) is 14.3. The second kappa shape index (κ2) is 16.8. The van der Waals surface area contributed by atoms with Crippen LogP contribution in [-0.2, 0) is 10.8 Å². The van der Waals surface area contributed by atoms with Crippen LogP contribution in [0.1, 0.15) is 56.4 Å². The summed E-state index contributed by atoms with van der Waals surface area (Å²) in [5.41, 5.74) is 19.1. The van der Waals surface area contributed by atoms with Gasteiger partial charge in [-0.25, -0.2) is 0 Å². The number of rotatable bonds is 10. The highest BCUT2D eigenvalue weighted by Crippen LogP contribution is 2.53. The first-order valence-corrected chi connectivity index (χ1v) is 23.6. The maximum absolute atomic E-state index is 3.99. The summed E-state index contributed by atoms with van der Waals surface area (Å²) in [7, 11) is 0. The minimum atomic E-state index is -0.496. The zero-order valence-corrected chi connectivity index (χ0v) is 38.7. The molecule has 67 heavy (non-hydrogen) atoms. The van der Waals surface area contributed by atoms with Crippen LogP contribution in [0.4, 0.5) is 34.1 Å². The Morgan fingerprint density at radius 2 is 1.34 bits per heavy atom. The summed E-state index contributed by atoms with van der Waals surface area (Å²) in [5, 5.41) is 6.25. The normalized spacial score (nSPS) is 18.1. The fraction of sp³-hybridized carbons (Fsp3) is 0.125. The summed E-state index contributed by atoms with van der Waals surface area (Å²) in [5.74, 6) is 0. The van der Waals surface area contributed by atoms with E-state index in [9.17, 15) is 0 Å². The molecule has 0 bridgehead atoms. The van der Waals surface area contributed by atoms with E-state index in [1.54, 1.807) is 0 Å². The minimum Gasteiger partial charge on any atom is -0.359 e. The molecule has 1 aliphatic heterocycles. The van der Waals surface area contributed by atoms with Gasteiger partial charge in [-0.1, -0.05) is 166 Å². The van der Waals surface area contributed by atoms with E-state index in [4.69, 9.17) is 0 Å². The number of allylic oxidation sites excluding steroid dienone is 14. The van der Waals surface area contributed by atoms with Crippen LogP contribution >= 0.6 is 0 Å². The Hall–Kier alpha value is -7.88. The maximum atomic E-state index is 3.99. The number of para-hydroxylation sites is 2. The number of fused-ring (bicyclic) bond motifs is 5. The lowest BCUT2D eigenvalue weighted by molar-refractivity contribution is 0.655. The first-order chi connectivity index (χ1) is 32.7. The van der Waals surface area contributed by atoms with E-state index in [0.29, 0.717) is 0 Å². The SMILES string of the molecule is C=C/C=C\C(C)N(c1ccc(/C2=C/C=C(\C)Nc3cc4c(-c5cccc(N(c6ccccc6)c6ccccc6)c5)cccc4cc3C23C=CC=C3)cc1)c1ccc2c(c1)C1=C(C=CC1)C2(C)C. The molecular weight excluding hydrogens is 811 g/mol. The van der Waals surface area contributed by atoms with Crippen LogP contribution in [0.2, 0.25) is 0 Å². The van der Waals surface area contributed by atoms with Crippen molar-refractivity contribution in [2.45, 2.75) is 51.0 Å². The summed E-state index contributed by atoms with van der Waals surface area (Å²) in [6.45, 7) is 13.1. The van der Waals surface area contributed by atoms with E-state index in [1.807, 2.05) is 6.08 Å². The number of hydrogen-bond donors (Lipinski definition) is 1. The summed E-state index contributed by atoms with van der Waals surface area (Å²) in [6.07, 6.45) is 25.5. The molecule has 1 heterocycles. The van der Waals surface area contributed by atoms with Gasteiger partial charge in [-0.2, -0.15) is 0 Å². The molecule has 0 amide bonds. The van der Waals surface area contributed by atoms with Gasteiger partial charge in [0.1, 0.15) is 0 Å². The van der Waals surface area contributed by atoms with E-state index in [-0.39, 0.29) is 11.5 Å². The van der Waals surface area contributed by atoms with Gasteiger partial charge in [0, 0.05) is 51.3 Å². The molecule has 0 saturated heterocycles. The fourth-order valence-electron chi connectivity index (χ4n) is 11.1. The van der Waals surface area contributed by atoms with Crippen molar-refractivity contribution in [1.82, 2.24) is 0 Å². The number of hydrogen-bond acceptors (Lipinski definition) is 3. The van der Waals surface area contributed by atoms with Crippen LogP contribution in [0.15, 0.2) is 242 Å². The quantitative estimate of drug-likeness (QED) is 0.138. The second-order valence-electron chi connectivity index (χ2n) is 18.8. The Balaban J connectivity index is 0.983. The van der Waals surface area contributed by atoms with Gasteiger partial charge in [0.25, 0.3) is 0 Å². The molecule has 7 aromatic rings. The van der Waals surface area contributed by atoms with Crippen molar-refractivity contribution in [3.63, 3.8) is 0 Å². The van der Waals surface area contributed by atoms with E-state index < -0.39 is 5.41 Å². The van der Waals surface area contributed by atoms with Crippen LogP contribution in [0.5, 0.6) is 0 Å². The fourth-order valence-corrected chi connectivity index (χ4v) is 11.1. The maximum Gasteiger partial charge on any atom is 0.0595 e. The zero-order chi connectivity index (χ0) is 45.7. The van der Waals surface area contributed by atoms with E-state index in [2.05, 4.69) is 268 Å². The first-order valence-electron chi connectivity index (χ1n) is 23.6. The number of nitrogens with one attached hydrogen (secondary N) is 1. The van der Waals surface area contributed by atoms with Crippen molar-refractivity contribution >= 4 is 56.0 Å². The number of nitrogens with zero attached hydrogens (tertiary/aromatic N) is 2. The molecule has 3 aliphatic carbocycles. The largest absolute Gasteiger partial charge is 0.359 e. The third kappa shape index (κ3) is 7.23. The van der Waals surface area contributed by atoms with Crippen molar-refractivity contribution in [2.75, 3.05) is 15.1 Å². The molecule has 3 heteroatoms. The van der Waals surface area contributed by atoms with Crippen LogP contribution in [-0.4, -0.2) is 6.04 Å². The molecule has 4 aliphatic rings. The van der Waals surface area contributed by atoms with E-state index >= 15 is 0 Å². The Morgan fingerprint density at radius 1 is 0.642 bits per heavy atom. The van der Waals surface area contributed by atoms with Crippen molar-refractivity contribution in [3.8, 4) is 11.1 Å². The van der Waals surface area contributed by atoms with Crippen molar-refractivity contribution in [2.24, 2.45) is 0 Å². The minimum absolute atomic E-state index is 0.0108. The Bertz CT molecular complexity index is 3250. The molecule has 1 spiro atoms. The van der Waals surface area contributed by atoms with Gasteiger partial charge in [0.05, 0.1) is 5.41 Å². The van der Waals surface area contributed by atoms with Gasteiger partial charge in [0.2, 0.25) is 0 Å². The number of anilines is 6. The van der Waals surface area contributed by atoms with Gasteiger partial charge in [-0.15, -0.1) is 0 Å². The summed E-state index contributed by atoms with van der Waals surface area (Å²) < 4.78 is 0. The van der Waals surface area contributed by atoms with Crippen LogP contribution < -0.4 is 15.1 Å². The summed E-state index contributed by atoms with van der Waals surface area (Å²) in [6, 6.07) is 58.1. The molecule has 0 fully saturated rings. The highest BCUT2D eigenvalue weighted by molar-refractivity contribution is 6.02. The second-order valence-corrected chi connectivity index (χ2v) is 18.8. The van der Waals surface area contributed by atoms with Crippen LogP contribution in [0.25, 0.3) is 33.0 Å². The molecule has 326 valence electrons. The lowest BCUT2D eigenvalue weighted by Crippen LogP contribution is -2.27. The summed E-state index contributed by atoms with van der Waals surface area (Å²) >= 11 is 0. The predicted octanol–water partition coefficient (Wildman–Crippen LogP) is 17.0. The van der Waals surface area contributed by atoms with Gasteiger partial charge in [0.15, 0.2) is 0 Å². The molecular formula is C64H55N3. The topological polar surface area (TPSA) is 18.5 Å². The van der Waals surface area contributed by atoms with Crippen LogP contribution in [0, 0.1) is 0 Å². The smallest absolute Gasteiger partial charge is 0.0595 e. The lowest BCUT2D eigenvalue weighted by atomic mass is 9.70. The molecule has 7 aromatic carbocycles. The molecule has 0 radical (unpaired) electrons. The molecule has 1 unspecified atom stereocenters. The van der Waals surface area contributed by atoms with Crippen molar-refractivity contribution < 1.29 is 0 Å². The van der Waals surface area contributed by atoms with Gasteiger partial charge < -0.3 is 15.1 Å². The zero-order valence-electron chi connectivity index (χ0n) is 38.7. The Morgan fingerprint density at radius 3 is 2.07 bits per heavy atom. The molecule has 3 nitrogen and oxygen atoms in total. The average Bonchev–Trinajstić information content (AvgIpc) is 4.10. The Kier molecular flexibility index (Phi) is 10.5. The first kappa shape index (κ1) is 41.8. The molecule has 1 N–H and O–H groups in total. The van der Waals surface area contributed by atoms with Crippen molar-refractivity contribution in [1.29, 1.82) is 0 Å². The van der Waals surface area contributed by atoms with Crippen molar-refractivity contribution in [3.05, 3.63) is 265 Å². The standard InChI is InChI=1S/C64H55N3/c1-6-7-19-45(3)66(53-35-37-60-57(42-53)55-28-18-29-59(55)63(60,4)5)51-33-31-46(32-34-51)58-36-30-44(2)65-62-43-56-48(41-61(62)64(58)38-14-15-39-64)21-17-27-54(56)47-20-16-26-52(40-47)67(49-22-10-8-11-23-49)50-24-12-9-13-25-50/h6-27,29-43,45,65H,1,28H2,2-5H3/b19-7-,44-30+,58-36-. The van der Waals surface area contributed by atoms with Gasteiger partial charge in [-0.05, 0) is 160 Å². The third-order valence-corrected chi connectivity index (χ3v) is 14.3. The molecule has 0 aromatic heterocycles. The summed E-state index contributed by atoms with van der Waals surface area (Å²) in [4.78, 5) is 4.79. The molecule has 11 rings (SSSR count). The van der Waals surface area contributed by atoms with Gasteiger partial charge >= 0.3 is 0 Å². The van der Waals surface area contributed by atoms with Gasteiger partial charge in [-0.3, -0.25) is 0 Å². The highest BCUT2D eigenvalue weighted by Gasteiger charge is 2.39. The highest BCUT2D eigenvalue weighted by atomic mass is 15.2. The predicted molar refractivity (Wildman–Crippen MR) is 287 cm³/mol. The molecule has 0 saturated carbocycles. The Labute approximate surface area is 396 Å². The van der Waals surface area contributed by atoms with Crippen LogP contribution in [0.3, 0.4) is 0 Å². The lowest BCUT2D eigenvalue weighted by Gasteiger charge is -2.35. The monoisotopic (exact) mass is 865 g/mol.